The van der Waals surface area contributed by atoms with Crippen LogP contribution in [0.3, 0.4) is 0 Å². The van der Waals surface area contributed by atoms with Crippen LogP contribution in [0.5, 0.6) is 0 Å². The molecule has 1 aliphatic heterocycles. The molecule has 4 unspecified atom stereocenters. The molecular weight excluding hydrogens is 341 g/mol. The fourth-order valence-electron chi connectivity index (χ4n) is 2.48. The van der Waals surface area contributed by atoms with Crippen LogP contribution >= 0.6 is 46.7 Å². The fraction of sp³-hybridized carbons (Fsp3) is 0.625. The average Bonchev–Trinajstić information content (AvgIpc) is 2.46. The van der Waals surface area contributed by atoms with Crippen LogP contribution in [0.25, 0.3) is 0 Å². The fourth-order valence-corrected chi connectivity index (χ4v) is 6.00. The molecule has 118 valence electrons. The van der Waals surface area contributed by atoms with Gasteiger partial charge in [-0.25, -0.2) is 0 Å². The molecule has 0 amide bonds. The van der Waals surface area contributed by atoms with Gasteiger partial charge in [0, 0.05) is 37.6 Å². The topological polar surface area (TPSA) is 12.0 Å². The minimum absolute atomic E-state index is 0.267. The van der Waals surface area contributed by atoms with Gasteiger partial charge in [0.05, 0.1) is 0 Å². The lowest BCUT2D eigenvalue weighted by Gasteiger charge is -2.37. The molecule has 1 nitrogen and oxygen atoms in total. The van der Waals surface area contributed by atoms with Gasteiger partial charge in [-0.15, -0.1) is 0 Å². The van der Waals surface area contributed by atoms with E-state index in [1.807, 2.05) is 18.2 Å². The second kappa shape index (κ2) is 8.35. The summed E-state index contributed by atoms with van der Waals surface area (Å²) in [6.45, 7) is 7.83. The van der Waals surface area contributed by atoms with Crippen molar-refractivity contribution >= 4 is 46.7 Å². The van der Waals surface area contributed by atoms with E-state index in [4.69, 9.17) is 23.2 Å². The Labute approximate surface area is 146 Å². The Kier molecular flexibility index (Phi) is 7.08. The molecule has 1 aromatic carbocycles. The normalized spacial score (nSPS) is 27.6. The first-order chi connectivity index (χ1) is 10.0. The van der Waals surface area contributed by atoms with E-state index in [-0.39, 0.29) is 6.04 Å². The highest BCUT2D eigenvalue weighted by Crippen LogP contribution is 2.42. The molecule has 0 radical (unpaired) electrons. The van der Waals surface area contributed by atoms with Gasteiger partial charge in [0.25, 0.3) is 0 Å². The Hall–Kier alpha value is 0.460. The van der Waals surface area contributed by atoms with Crippen LogP contribution in [0.1, 0.15) is 38.8 Å². The molecule has 1 saturated heterocycles. The monoisotopic (exact) mass is 363 g/mol. The Morgan fingerprint density at radius 3 is 2.71 bits per heavy atom. The van der Waals surface area contributed by atoms with Gasteiger partial charge in [0.15, 0.2) is 0 Å². The average molecular weight is 364 g/mol. The zero-order valence-corrected chi connectivity index (χ0v) is 15.9. The third kappa shape index (κ3) is 4.71. The van der Waals surface area contributed by atoms with E-state index in [1.54, 1.807) is 0 Å². The largest absolute Gasteiger partial charge is 0.309 e. The molecule has 0 spiro atoms. The molecule has 1 aromatic rings. The second-order valence-corrected chi connectivity index (χ2v) is 9.39. The summed E-state index contributed by atoms with van der Waals surface area (Å²) in [4.78, 5) is 0. The van der Waals surface area contributed by atoms with Gasteiger partial charge in [-0.2, -0.15) is 23.5 Å². The van der Waals surface area contributed by atoms with Gasteiger partial charge >= 0.3 is 0 Å². The summed E-state index contributed by atoms with van der Waals surface area (Å²) in [7, 11) is 0. The maximum absolute atomic E-state index is 6.44. The number of benzene rings is 1. The molecule has 0 saturated carbocycles. The standard InChI is InChI=1S/C16H23Cl2NS2/c1-4-7-19-16(13-8-12(17)5-6-14(13)18)15-9-20-10(2)11(3)21-15/h5-6,8,10-11,15-16,19H,4,7,9H2,1-3H3. The van der Waals surface area contributed by atoms with Crippen molar-refractivity contribution in [1.82, 2.24) is 5.32 Å². The second-order valence-electron chi connectivity index (χ2n) is 5.52. The van der Waals surface area contributed by atoms with Gasteiger partial charge in [-0.1, -0.05) is 44.0 Å². The van der Waals surface area contributed by atoms with Crippen LogP contribution in [-0.2, 0) is 0 Å². The minimum Gasteiger partial charge on any atom is -0.309 e. The number of thioether (sulfide) groups is 2. The Bertz CT molecular complexity index is 470. The molecule has 0 aromatic heterocycles. The molecule has 5 heteroatoms. The van der Waals surface area contributed by atoms with E-state index >= 15 is 0 Å². The van der Waals surface area contributed by atoms with Crippen molar-refractivity contribution in [2.75, 3.05) is 12.3 Å². The summed E-state index contributed by atoms with van der Waals surface area (Å²) in [5.74, 6) is 1.15. The number of hydrogen-bond donors (Lipinski definition) is 1. The van der Waals surface area contributed by atoms with Crippen LogP contribution in [0, 0.1) is 0 Å². The molecule has 0 aliphatic carbocycles. The smallest absolute Gasteiger partial charge is 0.0464 e. The maximum Gasteiger partial charge on any atom is 0.0464 e. The Morgan fingerprint density at radius 1 is 1.29 bits per heavy atom. The lowest BCUT2D eigenvalue weighted by Crippen LogP contribution is -2.37. The lowest BCUT2D eigenvalue weighted by molar-refractivity contribution is 0.528. The number of hydrogen-bond acceptors (Lipinski definition) is 3. The molecule has 0 bridgehead atoms. The summed E-state index contributed by atoms with van der Waals surface area (Å²) < 4.78 is 0. The lowest BCUT2D eigenvalue weighted by atomic mass is 10.0. The van der Waals surface area contributed by atoms with Crippen molar-refractivity contribution in [1.29, 1.82) is 0 Å². The van der Waals surface area contributed by atoms with Crippen molar-refractivity contribution in [2.24, 2.45) is 0 Å². The van der Waals surface area contributed by atoms with Gasteiger partial charge in [0.2, 0.25) is 0 Å². The Balaban J connectivity index is 2.23. The van der Waals surface area contributed by atoms with Gasteiger partial charge in [-0.3, -0.25) is 0 Å². The summed E-state index contributed by atoms with van der Waals surface area (Å²) in [5.41, 5.74) is 1.14. The van der Waals surface area contributed by atoms with Gasteiger partial charge in [0.1, 0.15) is 0 Å². The molecule has 1 fully saturated rings. The summed E-state index contributed by atoms with van der Waals surface area (Å²) >= 11 is 16.8. The first-order valence-corrected chi connectivity index (χ1v) is 10.2. The van der Waals surface area contributed by atoms with Crippen molar-refractivity contribution < 1.29 is 0 Å². The predicted octanol–water partition coefficient (Wildman–Crippen LogP) is 5.66. The van der Waals surface area contributed by atoms with E-state index in [0.29, 0.717) is 15.7 Å². The Morgan fingerprint density at radius 2 is 2.05 bits per heavy atom. The van der Waals surface area contributed by atoms with E-state index in [1.165, 1.54) is 0 Å². The van der Waals surface area contributed by atoms with E-state index in [9.17, 15) is 0 Å². The van der Waals surface area contributed by atoms with Crippen molar-refractivity contribution in [2.45, 2.75) is 49.0 Å². The van der Waals surface area contributed by atoms with Crippen LogP contribution in [0.4, 0.5) is 0 Å². The third-order valence-corrected chi connectivity index (χ3v) is 7.93. The van der Waals surface area contributed by atoms with Crippen LogP contribution in [0.15, 0.2) is 18.2 Å². The quantitative estimate of drug-likeness (QED) is 0.724. The molecule has 1 aliphatic rings. The highest BCUT2D eigenvalue weighted by molar-refractivity contribution is 8.07. The number of rotatable bonds is 5. The molecule has 2 rings (SSSR count). The predicted molar refractivity (Wildman–Crippen MR) is 100 cm³/mol. The zero-order valence-electron chi connectivity index (χ0n) is 12.7. The molecule has 1 heterocycles. The van der Waals surface area contributed by atoms with Gasteiger partial charge < -0.3 is 5.32 Å². The molecule has 1 N–H and O–H groups in total. The van der Waals surface area contributed by atoms with Crippen LogP contribution in [0.2, 0.25) is 10.0 Å². The van der Waals surface area contributed by atoms with Crippen LogP contribution in [-0.4, -0.2) is 28.0 Å². The first kappa shape index (κ1) is 17.8. The van der Waals surface area contributed by atoms with E-state index in [0.717, 1.165) is 34.3 Å². The van der Waals surface area contributed by atoms with Crippen molar-refractivity contribution in [3.63, 3.8) is 0 Å². The highest BCUT2D eigenvalue weighted by Gasteiger charge is 2.32. The first-order valence-electron chi connectivity index (χ1n) is 7.48. The number of halogens is 2. The molecular formula is C16H23Cl2NS2. The van der Waals surface area contributed by atoms with E-state index < -0.39 is 0 Å². The molecule has 4 atom stereocenters. The highest BCUT2D eigenvalue weighted by atomic mass is 35.5. The summed E-state index contributed by atoms with van der Waals surface area (Å²) in [5, 5.41) is 7.16. The maximum atomic E-state index is 6.44. The molecule has 21 heavy (non-hydrogen) atoms. The summed E-state index contributed by atoms with van der Waals surface area (Å²) in [6.07, 6.45) is 1.12. The van der Waals surface area contributed by atoms with Crippen molar-refractivity contribution in [3.8, 4) is 0 Å². The summed E-state index contributed by atoms with van der Waals surface area (Å²) in [6, 6.07) is 6.05. The van der Waals surface area contributed by atoms with Gasteiger partial charge in [-0.05, 0) is 36.7 Å². The van der Waals surface area contributed by atoms with Crippen LogP contribution < -0.4 is 5.32 Å². The SMILES string of the molecule is CCCNC(c1cc(Cl)ccc1Cl)C1CSC(C)C(C)S1. The zero-order chi connectivity index (χ0) is 15.4. The van der Waals surface area contributed by atoms with Crippen molar-refractivity contribution in [3.05, 3.63) is 33.8 Å². The third-order valence-electron chi connectivity index (χ3n) is 3.85. The van der Waals surface area contributed by atoms with E-state index in [2.05, 4.69) is 49.6 Å². The number of nitrogens with one attached hydrogen (secondary N) is 1. The minimum atomic E-state index is 0.267.